The zero-order valence-corrected chi connectivity index (χ0v) is 14.6. The standard InChI is InChI=1S/C17H12N4O2S2/c22-15(17-19-10-3-1-2-4-12(10)25-17)18-11-7-8-24-13(11)16-20-14(21-23-16)9-5-6-9/h1-4,7-9H,5-6H2,(H,18,22). The Kier molecular flexibility index (Phi) is 3.39. The number of anilines is 1. The van der Waals surface area contributed by atoms with Gasteiger partial charge in [-0.3, -0.25) is 4.79 Å². The number of fused-ring (bicyclic) bond motifs is 1. The Morgan fingerprint density at radius 1 is 1.20 bits per heavy atom. The lowest BCUT2D eigenvalue weighted by Crippen LogP contribution is -2.11. The van der Waals surface area contributed by atoms with E-state index in [-0.39, 0.29) is 5.91 Å². The molecule has 0 bridgehead atoms. The van der Waals surface area contributed by atoms with Crippen LogP contribution in [0.5, 0.6) is 0 Å². The van der Waals surface area contributed by atoms with Crippen LogP contribution in [0.15, 0.2) is 40.2 Å². The molecule has 124 valence electrons. The molecule has 0 saturated heterocycles. The molecule has 8 heteroatoms. The van der Waals surface area contributed by atoms with Crippen LogP contribution in [0.3, 0.4) is 0 Å². The normalized spacial score (nSPS) is 14.1. The highest BCUT2D eigenvalue weighted by atomic mass is 32.1. The van der Waals surface area contributed by atoms with Crippen LogP contribution < -0.4 is 5.32 Å². The highest BCUT2D eigenvalue weighted by Gasteiger charge is 2.29. The molecule has 1 amide bonds. The number of para-hydroxylation sites is 1. The molecular weight excluding hydrogens is 356 g/mol. The lowest BCUT2D eigenvalue weighted by Gasteiger charge is -2.01. The molecule has 1 aromatic carbocycles. The fourth-order valence-corrected chi connectivity index (χ4v) is 4.18. The number of hydrogen-bond acceptors (Lipinski definition) is 7. The zero-order valence-electron chi connectivity index (χ0n) is 12.9. The number of aromatic nitrogens is 3. The first-order chi connectivity index (χ1) is 12.3. The smallest absolute Gasteiger partial charge is 0.284 e. The van der Waals surface area contributed by atoms with Gasteiger partial charge >= 0.3 is 0 Å². The van der Waals surface area contributed by atoms with E-state index in [2.05, 4.69) is 20.4 Å². The molecule has 25 heavy (non-hydrogen) atoms. The van der Waals surface area contributed by atoms with Crippen molar-refractivity contribution in [1.82, 2.24) is 15.1 Å². The molecule has 0 atom stereocenters. The second kappa shape index (κ2) is 5.75. The van der Waals surface area contributed by atoms with E-state index in [9.17, 15) is 4.79 Å². The monoisotopic (exact) mass is 368 g/mol. The summed E-state index contributed by atoms with van der Waals surface area (Å²) in [5.41, 5.74) is 1.49. The maximum absolute atomic E-state index is 12.6. The highest BCUT2D eigenvalue weighted by molar-refractivity contribution is 7.20. The molecule has 1 fully saturated rings. The van der Waals surface area contributed by atoms with Gasteiger partial charge in [-0.15, -0.1) is 22.7 Å². The van der Waals surface area contributed by atoms with Gasteiger partial charge < -0.3 is 9.84 Å². The average molecular weight is 368 g/mol. The Morgan fingerprint density at radius 3 is 2.92 bits per heavy atom. The number of thiazole rings is 1. The second-order valence-electron chi connectivity index (χ2n) is 5.84. The van der Waals surface area contributed by atoms with Crippen molar-refractivity contribution in [3.8, 4) is 10.8 Å². The fraction of sp³-hybridized carbons (Fsp3) is 0.176. The lowest BCUT2D eigenvalue weighted by atomic mass is 10.3. The van der Waals surface area contributed by atoms with Crippen molar-refractivity contribution < 1.29 is 9.32 Å². The van der Waals surface area contributed by atoms with Crippen LogP contribution in [-0.2, 0) is 0 Å². The van der Waals surface area contributed by atoms with Crippen molar-refractivity contribution in [2.24, 2.45) is 0 Å². The summed E-state index contributed by atoms with van der Waals surface area (Å²) < 4.78 is 6.36. The third kappa shape index (κ3) is 2.73. The SMILES string of the molecule is O=C(Nc1ccsc1-c1nc(C2CC2)no1)c1nc2ccccc2s1. The van der Waals surface area contributed by atoms with Gasteiger partial charge in [0.05, 0.1) is 15.9 Å². The van der Waals surface area contributed by atoms with Gasteiger partial charge in [0.2, 0.25) is 0 Å². The molecular formula is C17H12N4O2S2. The van der Waals surface area contributed by atoms with Crippen LogP contribution in [-0.4, -0.2) is 21.0 Å². The van der Waals surface area contributed by atoms with Crippen LogP contribution in [0, 0.1) is 0 Å². The van der Waals surface area contributed by atoms with Gasteiger partial charge in [0.1, 0.15) is 4.88 Å². The molecule has 6 nitrogen and oxygen atoms in total. The number of rotatable bonds is 4. The predicted molar refractivity (Wildman–Crippen MR) is 97.2 cm³/mol. The number of nitrogens with one attached hydrogen (secondary N) is 1. The topological polar surface area (TPSA) is 80.9 Å². The molecule has 1 aliphatic carbocycles. The van der Waals surface area contributed by atoms with E-state index in [1.54, 1.807) is 0 Å². The highest BCUT2D eigenvalue weighted by Crippen LogP contribution is 2.40. The molecule has 4 aromatic rings. The minimum absolute atomic E-state index is 0.234. The van der Waals surface area contributed by atoms with E-state index in [0.717, 1.165) is 33.8 Å². The largest absolute Gasteiger partial charge is 0.333 e. The number of nitrogens with zero attached hydrogens (tertiary/aromatic N) is 3. The van der Waals surface area contributed by atoms with E-state index in [4.69, 9.17) is 4.52 Å². The van der Waals surface area contributed by atoms with Crippen molar-refractivity contribution in [1.29, 1.82) is 0 Å². The van der Waals surface area contributed by atoms with Crippen LogP contribution in [0.2, 0.25) is 0 Å². The molecule has 3 aromatic heterocycles. The first-order valence-corrected chi connectivity index (χ1v) is 9.56. The number of carbonyl (C=O) groups excluding carboxylic acids is 1. The van der Waals surface area contributed by atoms with Gasteiger partial charge in [-0.1, -0.05) is 17.3 Å². The minimum atomic E-state index is -0.234. The van der Waals surface area contributed by atoms with Crippen LogP contribution in [0.25, 0.3) is 21.0 Å². The summed E-state index contributed by atoms with van der Waals surface area (Å²) in [5, 5.41) is 9.28. The number of benzene rings is 1. The quantitative estimate of drug-likeness (QED) is 0.572. The van der Waals surface area contributed by atoms with Crippen LogP contribution >= 0.6 is 22.7 Å². The average Bonchev–Trinajstić information content (AvgIpc) is 3.03. The van der Waals surface area contributed by atoms with E-state index in [0.29, 0.717) is 22.5 Å². The molecule has 0 radical (unpaired) electrons. The number of thiophene rings is 1. The summed E-state index contributed by atoms with van der Waals surface area (Å²) in [4.78, 5) is 22.2. The molecule has 0 aliphatic heterocycles. The van der Waals surface area contributed by atoms with E-state index in [1.807, 2.05) is 35.7 Å². The summed E-state index contributed by atoms with van der Waals surface area (Å²) in [6.45, 7) is 0. The van der Waals surface area contributed by atoms with Gasteiger partial charge in [0.25, 0.3) is 11.8 Å². The maximum atomic E-state index is 12.6. The number of carbonyl (C=O) groups is 1. The zero-order chi connectivity index (χ0) is 16.8. The molecule has 0 spiro atoms. The first-order valence-electron chi connectivity index (χ1n) is 7.86. The Balaban J connectivity index is 1.42. The molecule has 3 heterocycles. The van der Waals surface area contributed by atoms with Crippen molar-refractivity contribution in [3.63, 3.8) is 0 Å². The Hall–Kier alpha value is -2.58. The van der Waals surface area contributed by atoms with Gasteiger partial charge in [0.15, 0.2) is 10.8 Å². The van der Waals surface area contributed by atoms with E-state index < -0.39 is 0 Å². The Labute approximate surface area is 150 Å². The summed E-state index contributed by atoms with van der Waals surface area (Å²) >= 11 is 2.84. The van der Waals surface area contributed by atoms with Gasteiger partial charge in [-0.2, -0.15) is 4.98 Å². The maximum Gasteiger partial charge on any atom is 0.284 e. The number of amides is 1. The summed E-state index contributed by atoms with van der Waals surface area (Å²) in [6, 6.07) is 9.54. The summed E-state index contributed by atoms with van der Waals surface area (Å²) in [5.74, 6) is 1.41. The second-order valence-corrected chi connectivity index (χ2v) is 7.78. The van der Waals surface area contributed by atoms with Crippen molar-refractivity contribution in [3.05, 3.63) is 46.5 Å². The molecule has 5 rings (SSSR count). The van der Waals surface area contributed by atoms with Crippen molar-refractivity contribution in [2.45, 2.75) is 18.8 Å². The molecule has 0 unspecified atom stereocenters. The first kappa shape index (κ1) is 14.7. The third-order valence-electron chi connectivity index (χ3n) is 3.98. The van der Waals surface area contributed by atoms with Crippen LogP contribution in [0.4, 0.5) is 5.69 Å². The summed E-state index contributed by atoms with van der Waals surface area (Å²) in [6.07, 6.45) is 2.23. The van der Waals surface area contributed by atoms with Gasteiger partial charge in [0, 0.05) is 5.92 Å². The lowest BCUT2D eigenvalue weighted by molar-refractivity contribution is 0.102. The van der Waals surface area contributed by atoms with Crippen LogP contribution in [0.1, 0.15) is 34.4 Å². The Morgan fingerprint density at radius 2 is 2.08 bits per heavy atom. The molecule has 1 saturated carbocycles. The van der Waals surface area contributed by atoms with E-state index in [1.165, 1.54) is 22.7 Å². The van der Waals surface area contributed by atoms with Crippen molar-refractivity contribution >= 4 is 44.5 Å². The van der Waals surface area contributed by atoms with Gasteiger partial charge in [-0.25, -0.2) is 4.98 Å². The molecule has 1 aliphatic rings. The summed E-state index contributed by atoms with van der Waals surface area (Å²) in [7, 11) is 0. The Bertz CT molecular complexity index is 1040. The van der Waals surface area contributed by atoms with Gasteiger partial charge in [-0.05, 0) is 36.4 Å². The van der Waals surface area contributed by atoms with Crippen molar-refractivity contribution in [2.75, 3.05) is 5.32 Å². The fourth-order valence-electron chi connectivity index (χ4n) is 2.55. The molecule has 1 N–H and O–H groups in total. The third-order valence-corrected chi connectivity index (χ3v) is 5.92. The minimum Gasteiger partial charge on any atom is -0.333 e. The predicted octanol–water partition coefficient (Wildman–Crippen LogP) is 4.54. The number of hydrogen-bond donors (Lipinski definition) is 1. The van der Waals surface area contributed by atoms with E-state index >= 15 is 0 Å².